The fourth-order valence-corrected chi connectivity index (χ4v) is 2.37. The second-order valence-corrected chi connectivity index (χ2v) is 4.33. The molecule has 1 N–H and O–H groups in total. The smallest absolute Gasteiger partial charge is 0.309 e. The molecule has 74 valence electrons. The Balaban J connectivity index is 2.12. The van der Waals surface area contributed by atoms with Gasteiger partial charge in [-0.3, -0.25) is 4.79 Å². The summed E-state index contributed by atoms with van der Waals surface area (Å²) in [6.07, 6.45) is 3.86. The van der Waals surface area contributed by atoms with E-state index in [1.165, 1.54) is 0 Å². The zero-order valence-electron chi connectivity index (χ0n) is 7.95. The lowest BCUT2D eigenvalue weighted by Crippen LogP contribution is -2.47. The van der Waals surface area contributed by atoms with Crippen molar-refractivity contribution in [3.05, 3.63) is 0 Å². The van der Waals surface area contributed by atoms with E-state index in [1.807, 2.05) is 6.92 Å². The van der Waals surface area contributed by atoms with Crippen LogP contribution >= 0.6 is 0 Å². The van der Waals surface area contributed by atoms with Crippen LogP contribution in [0.15, 0.2) is 0 Å². The Morgan fingerprint density at radius 1 is 1.46 bits per heavy atom. The molecule has 1 saturated carbocycles. The van der Waals surface area contributed by atoms with Crippen molar-refractivity contribution in [3.63, 3.8) is 0 Å². The molecule has 0 aromatic heterocycles. The number of esters is 1. The molecule has 1 spiro atoms. The van der Waals surface area contributed by atoms with Gasteiger partial charge in [0.1, 0.15) is 5.60 Å². The lowest BCUT2D eigenvalue weighted by atomic mass is 9.86. The number of hydrogen-bond donors (Lipinski definition) is 1. The minimum absolute atomic E-state index is 0.0124. The first-order valence-electron chi connectivity index (χ1n) is 5.05. The summed E-state index contributed by atoms with van der Waals surface area (Å²) in [5.41, 5.74) is -0.510. The van der Waals surface area contributed by atoms with Crippen LogP contribution in [0.25, 0.3) is 0 Å². The van der Waals surface area contributed by atoms with Crippen LogP contribution in [0, 0.1) is 5.92 Å². The highest BCUT2D eigenvalue weighted by Gasteiger charge is 2.48. The van der Waals surface area contributed by atoms with Gasteiger partial charge >= 0.3 is 5.97 Å². The standard InChI is InChI=1S/C10H16O3/c1-7-4-6-10(13-9(7)12)5-2-3-8(10)11/h7-8,11H,2-6H2,1H3/t7-,8-,10+/m1/s1. The minimum Gasteiger partial charge on any atom is -0.456 e. The molecule has 0 radical (unpaired) electrons. The van der Waals surface area contributed by atoms with E-state index < -0.39 is 11.7 Å². The topological polar surface area (TPSA) is 46.5 Å². The molecule has 2 rings (SSSR count). The Kier molecular flexibility index (Phi) is 2.06. The molecule has 2 aliphatic rings. The maximum Gasteiger partial charge on any atom is 0.309 e. The van der Waals surface area contributed by atoms with Crippen molar-refractivity contribution in [2.24, 2.45) is 5.92 Å². The molecule has 0 unspecified atom stereocenters. The first kappa shape index (κ1) is 9.00. The number of rotatable bonds is 0. The van der Waals surface area contributed by atoms with Crippen molar-refractivity contribution in [2.75, 3.05) is 0 Å². The van der Waals surface area contributed by atoms with Gasteiger partial charge in [0.05, 0.1) is 12.0 Å². The van der Waals surface area contributed by atoms with E-state index in [0.29, 0.717) is 0 Å². The highest BCUT2D eigenvalue weighted by molar-refractivity contribution is 5.73. The summed E-state index contributed by atoms with van der Waals surface area (Å²) < 4.78 is 5.37. The number of ether oxygens (including phenoxy) is 1. The maximum absolute atomic E-state index is 11.4. The SMILES string of the molecule is C[C@@H]1CC[C@]2(CCC[C@H]2O)OC1=O. The quantitative estimate of drug-likeness (QED) is 0.576. The average molecular weight is 184 g/mol. The molecule has 3 atom stereocenters. The molecule has 3 nitrogen and oxygen atoms in total. The van der Waals surface area contributed by atoms with Crippen LogP contribution in [-0.2, 0) is 9.53 Å². The Morgan fingerprint density at radius 3 is 2.77 bits per heavy atom. The number of hydrogen-bond acceptors (Lipinski definition) is 3. The van der Waals surface area contributed by atoms with Crippen molar-refractivity contribution in [1.82, 2.24) is 0 Å². The van der Waals surface area contributed by atoms with E-state index in [-0.39, 0.29) is 11.9 Å². The fraction of sp³-hybridized carbons (Fsp3) is 0.900. The third kappa shape index (κ3) is 1.35. The van der Waals surface area contributed by atoms with E-state index in [2.05, 4.69) is 0 Å². The van der Waals surface area contributed by atoms with Crippen molar-refractivity contribution in [2.45, 2.75) is 50.7 Å². The van der Waals surface area contributed by atoms with Crippen molar-refractivity contribution < 1.29 is 14.6 Å². The van der Waals surface area contributed by atoms with Crippen LogP contribution in [0.5, 0.6) is 0 Å². The highest BCUT2D eigenvalue weighted by Crippen LogP contribution is 2.41. The van der Waals surface area contributed by atoms with Crippen LogP contribution in [0.2, 0.25) is 0 Å². The molecular weight excluding hydrogens is 168 g/mol. The molecule has 0 bridgehead atoms. The van der Waals surface area contributed by atoms with Crippen LogP contribution < -0.4 is 0 Å². The van der Waals surface area contributed by atoms with Crippen LogP contribution in [0.3, 0.4) is 0 Å². The van der Waals surface area contributed by atoms with Crippen molar-refractivity contribution >= 4 is 5.97 Å². The molecule has 13 heavy (non-hydrogen) atoms. The summed E-state index contributed by atoms with van der Waals surface area (Å²) in [7, 11) is 0. The molecule has 0 aromatic carbocycles. The van der Waals surface area contributed by atoms with Gasteiger partial charge in [-0.05, 0) is 32.1 Å². The predicted octanol–water partition coefficient (Wildman–Crippen LogP) is 1.24. The molecule has 1 heterocycles. The number of carbonyl (C=O) groups excluding carboxylic acids is 1. The van der Waals surface area contributed by atoms with Gasteiger partial charge in [-0.15, -0.1) is 0 Å². The fourth-order valence-electron chi connectivity index (χ4n) is 2.37. The summed E-state index contributed by atoms with van der Waals surface area (Å²) in [5, 5.41) is 9.73. The minimum atomic E-state index is -0.510. The Bertz CT molecular complexity index is 226. The zero-order chi connectivity index (χ0) is 9.47. The van der Waals surface area contributed by atoms with Gasteiger partial charge in [-0.1, -0.05) is 6.92 Å². The second kappa shape index (κ2) is 2.98. The molecule has 1 aliphatic carbocycles. The van der Waals surface area contributed by atoms with Gasteiger partial charge in [0.15, 0.2) is 0 Å². The van der Waals surface area contributed by atoms with E-state index >= 15 is 0 Å². The summed E-state index contributed by atoms with van der Waals surface area (Å²) in [6.45, 7) is 1.89. The number of carbonyl (C=O) groups is 1. The molecular formula is C10H16O3. The zero-order valence-corrected chi connectivity index (χ0v) is 7.95. The van der Waals surface area contributed by atoms with Crippen LogP contribution in [-0.4, -0.2) is 22.8 Å². The molecule has 1 aliphatic heterocycles. The first-order valence-corrected chi connectivity index (χ1v) is 5.05. The van der Waals surface area contributed by atoms with Gasteiger partial charge < -0.3 is 9.84 Å². The van der Waals surface area contributed by atoms with E-state index in [9.17, 15) is 9.90 Å². The van der Waals surface area contributed by atoms with E-state index in [1.54, 1.807) is 0 Å². The number of aliphatic hydroxyl groups is 1. The van der Waals surface area contributed by atoms with Crippen LogP contribution in [0.1, 0.15) is 39.0 Å². The molecule has 0 amide bonds. The second-order valence-electron chi connectivity index (χ2n) is 4.33. The third-order valence-electron chi connectivity index (χ3n) is 3.39. The normalized spacial score (nSPS) is 45.2. The van der Waals surface area contributed by atoms with Gasteiger partial charge in [0.25, 0.3) is 0 Å². The van der Waals surface area contributed by atoms with Crippen molar-refractivity contribution in [3.8, 4) is 0 Å². The largest absolute Gasteiger partial charge is 0.456 e. The van der Waals surface area contributed by atoms with E-state index in [0.717, 1.165) is 32.1 Å². The molecule has 2 fully saturated rings. The Labute approximate surface area is 78.1 Å². The maximum atomic E-state index is 11.4. The Morgan fingerprint density at radius 2 is 2.23 bits per heavy atom. The average Bonchev–Trinajstić information content (AvgIpc) is 2.42. The monoisotopic (exact) mass is 184 g/mol. The summed E-state index contributed by atoms with van der Waals surface area (Å²) >= 11 is 0. The number of aliphatic hydroxyl groups excluding tert-OH is 1. The predicted molar refractivity (Wildman–Crippen MR) is 47.1 cm³/mol. The van der Waals surface area contributed by atoms with Gasteiger partial charge in [0, 0.05) is 0 Å². The van der Waals surface area contributed by atoms with Crippen LogP contribution in [0.4, 0.5) is 0 Å². The lowest BCUT2D eigenvalue weighted by Gasteiger charge is -2.37. The molecule has 0 aromatic rings. The highest BCUT2D eigenvalue weighted by atomic mass is 16.6. The van der Waals surface area contributed by atoms with Gasteiger partial charge in [0.2, 0.25) is 0 Å². The van der Waals surface area contributed by atoms with Gasteiger partial charge in [-0.25, -0.2) is 0 Å². The summed E-state index contributed by atoms with van der Waals surface area (Å²) in [4.78, 5) is 11.4. The van der Waals surface area contributed by atoms with E-state index in [4.69, 9.17) is 4.74 Å². The third-order valence-corrected chi connectivity index (χ3v) is 3.39. The molecule has 1 saturated heterocycles. The summed E-state index contributed by atoms with van der Waals surface area (Å²) in [6, 6.07) is 0. The Hall–Kier alpha value is -0.570. The molecule has 3 heteroatoms. The van der Waals surface area contributed by atoms with Crippen molar-refractivity contribution in [1.29, 1.82) is 0 Å². The first-order chi connectivity index (χ1) is 6.14. The summed E-state index contributed by atoms with van der Waals surface area (Å²) in [5.74, 6) is -0.120. The van der Waals surface area contributed by atoms with Gasteiger partial charge in [-0.2, -0.15) is 0 Å². The lowest BCUT2D eigenvalue weighted by molar-refractivity contribution is -0.185.